The third-order valence-corrected chi connectivity index (χ3v) is 4.14. The van der Waals surface area contributed by atoms with Crippen LogP contribution in [0, 0.1) is 5.82 Å². The Balaban J connectivity index is 1.71. The highest BCUT2D eigenvalue weighted by atomic mass is 19.1. The molecule has 0 aliphatic heterocycles. The van der Waals surface area contributed by atoms with E-state index >= 15 is 0 Å². The highest BCUT2D eigenvalue weighted by Gasteiger charge is 2.21. The van der Waals surface area contributed by atoms with E-state index in [1.807, 2.05) is 60.7 Å². The fourth-order valence-electron chi connectivity index (χ4n) is 2.74. The molecule has 5 heteroatoms. The van der Waals surface area contributed by atoms with Gasteiger partial charge in [0.1, 0.15) is 5.82 Å². The normalized spacial score (nSPS) is 10.4. The first kappa shape index (κ1) is 18.3. The van der Waals surface area contributed by atoms with E-state index < -0.39 is 23.7 Å². The number of rotatable bonds is 5. The Morgan fingerprint density at radius 2 is 1.26 bits per heavy atom. The molecular formula is C22H19FN2O2. The summed E-state index contributed by atoms with van der Waals surface area (Å²) in [6.45, 7) is -0.0553. The van der Waals surface area contributed by atoms with E-state index in [4.69, 9.17) is 0 Å². The van der Waals surface area contributed by atoms with Gasteiger partial charge in [0.2, 0.25) is 0 Å². The van der Waals surface area contributed by atoms with Crippen LogP contribution < -0.4 is 10.6 Å². The maximum atomic E-state index is 13.6. The lowest BCUT2D eigenvalue weighted by Gasteiger charge is -2.19. The predicted octanol–water partition coefficient (Wildman–Crippen LogP) is 3.35. The molecule has 0 aliphatic rings. The molecule has 0 aliphatic carbocycles. The molecule has 27 heavy (non-hydrogen) atoms. The number of halogens is 1. The highest BCUT2D eigenvalue weighted by molar-refractivity contribution is 6.35. The largest absolute Gasteiger partial charge is 0.344 e. The van der Waals surface area contributed by atoms with Crippen LogP contribution >= 0.6 is 0 Å². The van der Waals surface area contributed by atoms with Gasteiger partial charge in [-0.2, -0.15) is 0 Å². The first-order valence-corrected chi connectivity index (χ1v) is 8.57. The van der Waals surface area contributed by atoms with Crippen molar-refractivity contribution in [3.63, 3.8) is 0 Å². The number of hydrogen-bond donors (Lipinski definition) is 2. The molecule has 4 nitrogen and oxygen atoms in total. The highest BCUT2D eigenvalue weighted by Crippen LogP contribution is 2.21. The van der Waals surface area contributed by atoms with Gasteiger partial charge in [0.15, 0.2) is 0 Å². The molecule has 0 bridgehead atoms. The van der Waals surface area contributed by atoms with Gasteiger partial charge in [-0.25, -0.2) is 4.39 Å². The van der Waals surface area contributed by atoms with E-state index in [0.29, 0.717) is 5.56 Å². The average Bonchev–Trinajstić information content (AvgIpc) is 2.72. The molecule has 0 atom stereocenters. The summed E-state index contributed by atoms with van der Waals surface area (Å²) < 4.78 is 13.6. The zero-order valence-electron chi connectivity index (χ0n) is 14.6. The second-order valence-electron chi connectivity index (χ2n) is 6.00. The third-order valence-electron chi connectivity index (χ3n) is 4.14. The van der Waals surface area contributed by atoms with Crippen molar-refractivity contribution in [3.8, 4) is 0 Å². The van der Waals surface area contributed by atoms with Crippen LogP contribution in [0.25, 0.3) is 0 Å². The molecule has 0 aromatic heterocycles. The van der Waals surface area contributed by atoms with Crippen LogP contribution in [0.5, 0.6) is 0 Å². The minimum Gasteiger partial charge on any atom is -0.344 e. The monoisotopic (exact) mass is 362 g/mol. The Morgan fingerprint density at radius 3 is 1.81 bits per heavy atom. The Morgan fingerprint density at radius 1 is 0.741 bits per heavy atom. The van der Waals surface area contributed by atoms with Gasteiger partial charge >= 0.3 is 11.8 Å². The van der Waals surface area contributed by atoms with E-state index in [9.17, 15) is 14.0 Å². The number of amides is 2. The Bertz CT molecular complexity index is 874. The lowest BCUT2D eigenvalue weighted by atomic mass is 9.99. The summed E-state index contributed by atoms with van der Waals surface area (Å²) in [5, 5.41) is 5.21. The average molecular weight is 362 g/mol. The van der Waals surface area contributed by atoms with Crippen molar-refractivity contribution in [3.05, 3.63) is 107 Å². The topological polar surface area (TPSA) is 58.2 Å². The number of carbonyl (C=O) groups excluding carboxylic acids is 2. The van der Waals surface area contributed by atoms with E-state index in [-0.39, 0.29) is 6.54 Å². The summed E-state index contributed by atoms with van der Waals surface area (Å²) in [4.78, 5) is 24.6. The minimum absolute atomic E-state index is 0.0553. The molecule has 3 aromatic rings. The van der Waals surface area contributed by atoms with Crippen LogP contribution in [0.2, 0.25) is 0 Å². The zero-order chi connectivity index (χ0) is 19.1. The Labute approximate surface area is 157 Å². The van der Waals surface area contributed by atoms with E-state index in [2.05, 4.69) is 10.6 Å². The smallest absolute Gasteiger partial charge is 0.310 e. The van der Waals surface area contributed by atoms with E-state index in [0.717, 1.165) is 11.1 Å². The van der Waals surface area contributed by atoms with Gasteiger partial charge in [-0.05, 0) is 17.2 Å². The maximum absolute atomic E-state index is 13.6. The van der Waals surface area contributed by atoms with Crippen LogP contribution in [0.3, 0.4) is 0 Å². The first-order chi connectivity index (χ1) is 13.1. The standard InChI is InChI=1S/C22H19FN2O2/c23-19-14-8-7-13-18(19)15-24-21(26)22(27)25-20(16-9-3-1-4-10-16)17-11-5-2-6-12-17/h1-14,20H,15H2,(H,24,26)(H,25,27). The summed E-state index contributed by atoms with van der Waals surface area (Å²) in [6.07, 6.45) is 0. The molecule has 0 heterocycles. The van der Waals surface area contributed by atoms with Crippen LogP contribution in [-0.2, 0) is 16.1 Å². The second-order valence-corrected chi connectivity index (χ2v) is 6.00. The summed E-state index contributed by atoms with van der Waals surface area (Å²) in [5.74, 6) is -2.01. The fraction of sp³-hybridized carbons (Fsp3) is 0.0909. The van der Waals surface area contributed by atoms with Crippen LogP contribution in [0.15, 0.2) is 84.9 Å². The van der Waals surface area contributed by atoms with Crippen molar-refractivity contribution in [2.45, 2.75) is 12.6 Å². The van der Waals surface area contributed by atoms with Crippen LogP contribution in [0.1, 0.15) is 22.7 Å². The van der Waals surface area contributed by atoms with Crippen molar-refractivity contribution in [2.75, 3.05) is 0 Å². The quantitative estimate of drug-likeness (QED) is 0.684. The van der Waals surface area contributed by atoms with Crippen LogP contribution in [0.4, 0.5) is 4.39 Å². The van der Waals surface area contributed by atoms with Crippen molar-refractivity contribution >= 4 is 11.8 Å². The summed E-state index contributed by atoms with van der Waals surface area (Å²) in [7, 11) is 0. The molecule has 3 rings (SSSR count). The van der Waals surface area contributed by atoms with Gasteiger partial charge in [-0.1, -0.05) is 78.9 Å². The molecule has 136 valence electrons. The van der Waals surface area contributed by atoms with E-state index in [1.54, 1.807) is 18.2 Å². The van der Waals surface area contributed by atoms with Gasteiger partial charge in [0.05, 0.1) is 6.04 Å². The molecule has 0 spiro atoms. The van der Waals surface area contributed by atoms with Crippen molar-refractivity contribution in [1.82, 2.24) is 10.6 Å². The molecule has 0 saturated heterocycles. The predicted molar refractivity (Wildman–Crippen MR) is 101 cm³/mol. The first-order valence-electron chi connectivity index (χ1n) is 8.57. The van der Waals surface area contributed by atoms with Crippen molar-refractivity contribution < 1.29 is 14.0 Å². The van der Waals surface area contributed by atoms with Gasteiger partial charge < -0.3 is 10.6 Å². The SMILES string of the molecule is O=C(NCc1ccccc1F)C(=O)NC(c1ccccc1)c1ccccc1. The molecule has 0 radical (unpaired) electrons. The number of nitrogens with one attached hydrogen (secondary N) is 2. The Kier molecular flexibility index (Phi) is 5.94. The summed E-state index contributed by atoms with van der Waals surface area (Å²) in [6, 6.07) is 24.4. The molecule has 3 aromatic carbocycles. The molecule has 0 unspecified atom stereocenters. The second kappa shape index (κ2) is 8.76. The number of carbonyl (C=O) groups is 2. The molecular weight excluding hydrogens is 343 g/mol. The lowest BCUT2D eigenvalue weighted by molar-refractivity contribution is -0.139. The Hall–Kier alpha value is -3.47. The van der Waals surface area contributed by atoms with Gasteiger partial charge in [0, 0.05) is 12.1 Å². The third kappa shape index (κ3) is 4.79. The van der Waals surface area contributed by atoms with E-state index in [1.165, 1.54) is 6.07 Å². The lowest BCUT2D eigenvalue weighted by Crippen LogP contribution is -2.41. The molecule has 2 N–H and O–H groups in total. The van der Waals surface area contributed by atoms with Crippen molar-refractivity contribution in [2.24, 2.45) is 0 Å². The van der Waals surface area contributed by atoms with Crippen molar-refractivity contribution in [1.29, 1.82) is 0 Å². The minimum atomic E-state index is -0.810. The summed E-state index contributed by atoms with van der Waals surface area (Å²) in [5.41, 5.74) is 2.04. The zero-order valence-corrected chi connectivity index (χ0v) is 14.6. The molecule has 2 amide bonds. The fourth-order valence-corrected chi connectivity index (χ4v) is 2.74. The molecule has 0 saturated carbocycles. The number of hydrogen-bond acceptors (Lipinski definition) is 2. The van der Waals surface area contributed by atoms with Gasteiger partial charge in [-0.3, -0.25) is 9.59 Å². The number of benzene rings is 3. The van der Waals surface area contributed by atoms with Crippen LogP contribution in [-0.4, -0.2) is 11.8 Å². The molecule has 0 fully saturated rings. The van der Waals surface area contributed by atoms with Gasteiger partial charge in [0.25, 0.3) is 0 Å². The van der Waals surface area contributed by atoms with Gasteiger partial charge in [-0.15, -0.1) is 0 Å². The summed E-state index contributed by atoms with van der Waals surface area (Å²) >= 11 is 0. The maximum Gasteiger partial charge on any atom is 0.310 e.